The van der Waals surface area contributed by atoms with E-state index in [2.05, 4.69) is 52.8 Å². The van der Waals surface area contributed by atoms with Gasteiger partial charge < -0.3 is 4.74 Å². The molecule has 18 heavy (non-hydrogen) atoms. The molecule has 0 amide bonds. The van der Waals surface area contributed by atoms with Crippen molar-refractivity contribution in [1.82, 2.24) is 0 Å². The maximum atomic E-state index is 5.78. The highest BCUT2D eigenvalue weighted by atomic mass is 16.5. The van der Waals surface area contributed by atoms with Crippen molar-refractivity contribution in [2.75, 3.05) is 6.61 Å². The van der Waals surface area contributed by atoms with Gasteiger partial charge in [-0.15, -0.1) is 0 Å². The fraction of sp³-hybridized carbons (Fsp3) is 0.647. The molecular formula is C17H26O. The van der Waals surface area contributed by atoms with E-state index in [-0.39, 0.29) is 5.41 Å². The summed E-state index contributed by atoms with van der Waals surface area (Å²) in [5.74, 6) is 1.03. The first-order valence-corrected chi connectivity index (χ1v) is 7.15. The Bertz CT molecular complexity index is 429. The molecule has 1 nitrogen and oxygen atoms in total. The minimum atomic E-state index is 0.274. The van der Waals surface area contributed by atoms with E-state index in [0.717, 1.165) is 18.8 Å². The zero-order valence-electron chi connectivity index (χ0n) is 12.5. The van der Waals surface area contributed by atoms with Crippen LogP contribution in [0, 0.1) is 0 Å². The van der Waals surface area contributed by atoms with E-state index in [1.165, 1.54) is 24.0 Å². The maximum absolute atomic E-state index is 5.78. The summed E-state index contributed by atoms with van der Waals surface area (Å²) in [5, 5.41) is 0. The molecule has 0 aromatic heterocycles. The van der Waals surface area contributed by atoms with Gasteiger partial charge in [0.1, 0.15) is 5.75 Å². The summed E-state index contributed by atoms with van der Waals surface area (Å²) < 4.78 is 5.78. The van der Waals surface area contributed by atoms with E-state index >= 15 is 0 Å². The summed E-state index contributed by atoms with van der Waals surface area (Å²) >= 11 is 0. The first-order chi connectivity index (χ1) is 8.37. The Balaban J connectivity index is 2.42. The zero-order valence-corrected chi connectivity index (χ0v) is 12.5. The van der Waals surface area contributed by atoms with Gasteiger partial charge in [-0.3, -0.25) is 0 Å². The van der Waals surface area contributed by atoms with Crippen molar-refractivity contribution in [2.45, 2.75) is 64.7 Å². The monoisotopic (exact) mass is 246 g/mol. The number of fused-ring (bicyclic) bond motifs is 1. The van der Waals surface area contributed by atoms with Gasteiger partial charge in [0, 0.05) is 0 Å². The Morgan fingerprint density at radius 2 is 1.61 bits per heavy atom. The van der Waals surface area contributed by atoms with Gasteiger partial charge in [-0.05, 0) is 53.4 Å². The molecule has 0 saturated carbocycles. The molecule has 1 heteroatoms. The van der Waals surface area contributed by atoms with Crippen LogP contribution in [-0.2, 0) is 10.8 Å². The van der Waals surface area contributed by atoms with Gasteiger partial charge in [-0.1, -0.05) is 40.7 Å². The summed E-state index contributed by atoms with van der Waals surface area (Å²) in [4.78, 5) is 0. The van der Waals surface area contributed by atoms with Crippen LogP contribution in [0.25, 0.3) is 0 Å². The SMILES string of the molecule is CCCOc1ccc2c(c1)C(C)(C)CCC2(C)C. The Morgan fingerprint density at radius 1 is 1.00 bits per heavy atom. The van der Waals surface area contributed by atoms with Crippen LogP contribution in [0.4, 0.5) is 0 Å². The van der Waals surface area contributed by atoms with Crippen molar-refractivity contribution in [3.8, 4) is 5.75 Å². The lowest BCUT2D eigenvalue weighted by molar-refractivity contribution is 0.307. The van der Waals surface area contributed by atoms with Crippen LogP contribution in [0.5, 0.6) is 5.75 Å². The zero-order chi connectivity index (χ0) is 13.4. The van der Waals surface area contributed by atoms with Gasteiger partial charge in [0.25, 0.3) is 0 Å². The molecule has 0 N–H and O–H groups in total. The maximum Gasteiger partial charge on any atom is 0.119 e. The second-order valence-electron chi connectivity index (χ2n) is 6.82. The highest BCUT2D eigenvalue weighted by Crippen LogP contribution is 2.46. The normalized spacial score (nSPS) is 20.3. The summed E-state index contributed by atoms with van der Waals surface area (Å²) in [7, 11) is 0. The van der Waals surface area contributed by atoms with Crippen LogP contribution in [-0.4, -0.2) is 6.61 Å². The van der Waals surface area contributed by atoms with E-state index in [1.54, 1.807) is 0 Å². The third-order valence-electron chi connectivity index (χ3n) is 4.30. The van der Waals surface area contributed by atoms with Crippen molar-refractivity contribution in [2.24, 2.45) is 0 Å². The smallest absolute Gasteiger partial charge is 0.119 e. The molecule has 0 atom stereocenters. The lowest BCUT2D eigenvalue weighted by Gasteiger charge is -2.41. The average Bonchev–Trinajstić information content (AvgIpc) is 2.32. The van der Waals surface area contributed by atoms with E-state index in [4.69, 9.17) is 4.74 Å². The van der Waals surface area contributed by atoms with Crippen LogP contribution < -0.4 is 4.74 Å². The predicted molar refractivity (Wildman–Crippen MR) is 77.5 cm³/mol. The molecule has 1 aromatic carbocycles. The van der Waals surface area contributed by atoms with Crippen LogP contribution >= 0.6 is 0 Å². The Morgan fingerprint density at radius 3 is 2.22 bits per heavy atom. The molecule has 0 aliphatic heterocycles. The van der Waals surface area contributed by atoms with E-state index in [1.807, 2.05) is 0 Å². The van der Waals surface area contributed by atoms with Crippen LogP contribution in [0.3, 0.4) is 0 Å². The van der Waals surface area contributed by atoms with E-state index < -0.39 is 0 Å². The Hall–Kier alpha value is -0.980. The van der Waals surface area contributed by atoms with Crippen molar-refractivity contribution in [1.29, 1.82) is 0 Å². The molecule has 100 valence electrons. The summed E-state index contributed by atoms with van der Waals surface area (Å²) in [6, 6.07) is 6.69. The molecule has 1 aromatic rings. The third-order valence-corrected chi connectivity index (χ3v) is 4.30. The number of hydrogen-bond donors (Lipinski definition) is 0. The van der Waals surface area contributed by atoms with Gasteiger partial charge in [0.05, 0.1) is 6.61 Å². The summed E-state index contributed by atoms with van der Waals surface area (Å²) in [5.41, 5.74) is 3.56. The lowest BCUT2D eigenvalue weighted by Crippen LogP contribution is -2.33. The third kappa shape index (κ3) is 2.41. The molecular weight excluding hydrogens is 220 g/mol. The quantitative estimate of drug-likeness (QED) is 0.742. The van der Waals surface area contributed by atoms with Gasteiger partial charge in [0.2, 0.25) is 0 Å². The molecule has 0 bridgehead atoms. The number of benzene rings is 1. The minimum absolute atomic E-state index is 0.274. The molecule has 1 aliphatic rings. The molecule has 0 heterocycles. The number of hydrogen-bond acceptors (Lipinski definition) is 1. The van der Waals surface area contributed by atoms with E-state index in [0.29, 0.717) is 5.41 Å². The molecule has 2 rings (SSSR count). The first-order valence-electron chi connectivity index (χ1n) is 7.15. The second kappa shape index (κ2) is 4.60. The van der Waals surface area contributed by atoms with Crippen molar-refractivity contribution in [3.05, 3.63) is 29.3 Å². The van der Waals surface area contributed by atoms with Crippen molar-refractivity contribution in [3.63, 3.8) is 0 Å². The first kappa shape index (κ1) is 13.5. The number of rotatable bonds is 3. The van der Waals surface area contributed by atoms with Gasteiger partial charge >= 0.3 is 0 Å². The van der Waals surface area contributed by atoms with Gasteiger partial charge in [-0.2, -0.15) is 0 Å². The highest BCUT2D eigenvalue weighted by molar-refractivity contribution is 5.45. The fourth-order valence-electron chi connectivity index (χ4n) is 2.88. The average molecular weight is 246 g/mol. The van der Waals surface area contributed by atoms with Crippen molar-refractivity contribution >= 4 is 0 Å². The van der Waals surface area contributed by atoms with Crippen LogP contribution in [0.2, 0.25) is 0 Å². The number of ether oxygens (including phenoxy) is 1. The topological polar surface area (TPSA) is 9.23 Å². The molecule has 0 spiro atoms. The second-order valence-corrected chi connectivity index (χ2v) is 6.82. The summed E-state index contributed by atoms with van der Waals surface area (Å²) in [6.45, 7) is 12.4. The highest BCUT2D eigenvalue weighted by Gasteiger charge is 2.36. The Labute approximate surface area is 112 Å². The van der Waals surface area contributed by atoms with Crippen molar-refractivity contribution < 1.29 is 4.74 Å². The van der Waals surface area contributed by atoms with Gasteiger partial charge in [-0.25, -0.2) is 0 Å². The largest absolute Gasteiger partial charge is 0.494 e. The molecule has 0 unspecified atom stereocenters. The standard InChI is InChI=1S/C17H26O/c1-6-11-18-13-7-8-14-15(12-13)17(4,5)10-9-16(14,2)3/h7-8,12H,6,9-11H2,1-5H3. The predicted octanol–water partition coefficient (Wildman–Crippen LogP) is 4.82. The summed E-state index contributed by atoms with van der Waals surface area (Å²) in [6.07, 6.45) is 3.58. The van der Waals surface area contributed by atoms with Crippen LogP contribution in [0.15, 0.2) is 18.2 Å². The molecule has 0 radical (unpaired) electrons. The molecule has 1 aliphatic carbocycles. The molecule has 0 fully saturated rings. The Kier molecular flexibility index (Phi) is 3.44. The van der Waals surface area contributed by atoms with Gasteiger partial charge in [0.15, 0.2) is 0 Å². The minimum Gasteiger partial charge on any atom is -0.494 e. The molecule has 0 saturated heterocycles. The van der Waals surface area contributed by atoms with E-state index in [9.17, 15) is 0 Å². The fourth-order valence-corrected chi connectivity index (χ4v) is 2.88. The lowest BCUT2D eigenvalue weighted by atomic mass is 9.63. The van der Waals surface area contributed by atoms with Crippen LogP contribution in [0.1, 0.15) is 65.0 Å².